The van der Waals surface area contributed by atoms with Gasteiger partial charge in [0.1, 0.15) is 0 Å². The first-order chi connectivity index (χ1) is 9.61. The highest BCUT2D eigenvalue weighted by atomic mass is 16.2. The number of fused-ring (bicyclic) bond motifs is 2. The van der Waals surface area contributed by atoms with Gasteiger partial charge in [0.25, 0.3) is 5.56 Å². The van der Waals surface area contributed by atoms with E-state index in [0.717, 1.165) is 11.8 Å². The number of amides is 2. The molecule has 3 rings (SSSR count). The molecule has 2 aliphatic carbocycles. The SMILES string of the molecule is CC(NC(=O)Nc1ccc(=O)[nH]n1)C1CC2CCC1C2. The second-order valence-electron chi connectivity index (χ2n) is 6.03. The summed E-state index contributed by atoms with van der Waals surface area (Å²) < 4.78 is 0. The minimum absolute atomic E-state index is 0.174. The summed E-state index contributed by atoms with van der Waals surface area (Å²) in [7, 11) is 0. The first kappa shape index (κ1) is 13.1. The van der Waals surface area contributed by atoms with E-state index in [1.807, 2.05) is 0 Å². The number of anilines is 1. The van der Waals surface area contributed by atoms with Crippen LogP contribution in [0.3, 0.4) is 0 Å². The van der Waals surface area contributed by atoms with Gasteiger partial charge < -0.3 is 5.32 Å². The fraction of sp³-hybridized carbons (Fsp3) is 0.643. The van der Waals surface area contributed by atoms with Crippen molar-refractivity contribution in [1.82, 2.24) is 15.5 Å². The molecule has 4 unspecified atom stereocenters. The second-order valence-corrected chi connectivity index (χ2v) is 6.03. The molecule has 0 saturated heterocycles. The van der Waals surface area contributed by atoms with Crippen LogP contribution in [0.25, 0.3) is 0 Å². The predicted octanol–water partition coefficient (Wildman–Crippen LogP) is 1.72. The molecule has 0 spiro atoms. The van der Waals surface area contributed by atoms with Gasteiger partial charge in [-0.2, -0.15) is 5.10 Å². The Morgan fingerprint density at radius 1 is 1.40 bits per heavy atom. The molecule has 1 aromatic rings. The maximum atomic E-state index is 11.9. The summed E-state index contributed by atoms with van der Waals surface area (Å²) in [5, 5.41) is 11.7. The number of rotatable bonds is 3. The maximum Gasteiger partial charge on any atom is 0.320 e. The zero-order chi connectivity index (χ0) is 14.1. The molecule has 1 aromatic heterocycles. The number of carbonyl (C=O) groups is 1. The van der Waals surface area contributed by atoms with Crippen LogP contribution in [0.2, 0.25) is 0 Å². The molecule has 2 bridgehead atoms. The van der Waals surface area contributed by atoms with Crippen molar-refractivity contribution in [2.75, 3.05) is 5.32 Å². The van der Waals surface area contributed by atoms with Gasteiger partial charge in [-0.1, -0.05) is 6.42 Å². The Labute approximate surface area is 117 Å². The molecular formula is C14H20N4O2. The minimum Gasteiger partial charge on any atom is -0.335 e. The highest BCUT2D eigenvalue weighted by molar-refractivity contribution is 5.88. The molecule has 0 aromatic carbocycles. The van der Waals surface area contributed by atoms with Crippen molar-refractivity contribution in [3.63, 3.8) is 0 Å². The van der Waals surface area contributed by atoms with Crippen molar-refractivity contribution < 1.29 is 4.79 Å². The Bertz CT molecular complexity index is 536. The van der Waals surface area contributed by atoms with Gasteiger partial charge in [-0.25, -0.2) is 9.89 Å². The van der Waals surface area contributed by atoms with E-state index < -0.39 is 0 Å². The first-order valence-corrected chi connectivity index (χ1v) is 7.25. The molecule has 1 heterocycles. The minimum atomic E-state index is -0.286. The Kier molecular flexibility index (Phi) is 3.46. The van der Waals surface area contributed by atoms with Gasteiger partial charge in [0.2, 0.25) is 0 Å². The van der Waals surface area contributed by atoms with Crippen molar-refractivity contribution >= 4 is 11.8 Å². The number of aromatic amines is 1. The number of aromatic nitrogens is 2. The lowest BCUT2D eigenvalue weighted by Gasteiger charge is -2.28. The predicted molar refractivity (Wildman–Crippen MR) is 75.4 cm³/mol. The van der Waals surface area contributed by atoms with E-state index in [0.29, 0.717) is 11.7 Å². The zero-order valence-electron chi connectivity index (χ0n) is 11.6. The molecule has 4 atom stereocenters. The Hall–Kier alpha value is -1.85. The van der Waals surface area contributed by atoms with Crippen molar-refractivity contribution in [3.05, 3.63) is 22.5 Å². The quantitative estimate of drug-likeness (QED) is 0.785. The van der Waals surface area contributed by atoms with Gasteiger partial charge in [0, 0.05) is 12.1 Å². The molecular weight excluding hydrogens is 256 g/mol. The van der Waals surface area contributed by atoms with Crippen LogP contribution in [-0.4, -0.2) is 22.3 Å². The standard InChI is InChI=1S/C14H20N4O2/c1-8(11-7-9-2-3-10(11)6-9)15-14(20)16-12-4-5-13(19)18-17-12/h4-5,8-11H,2-3,6-7H2,1H3,(H,18,19)(H2,15,16,17,20). The van der Waals surface area contributed by atoms with Crippen LogP contribution in [0.5, 0.6) is 0 Å². The summed E-state index contributed by atoms with van der Waals surface area (Å²) in [5.74, 6) is 2.60. The molecule has 2 amide bonds. The largest absolute Gasteiger partial charge is 0.335 e. The van der Waals surface area contributed by atoms with E-state index >= 15 is 0 Å². The maximum absolute atomic E-state index is 11.9. The molecule has 2 saturated carbocycles. The monoisotopic (exact) mass is 276 g/mol. The van der Waals surface area contributed by atoms with Crippen LogP contribution in [0.15, 0.2) is 16.9 Å². The smallest absolute Gasteiger partial charge is 0.320 e. The lowest BCUT2D eigenvalue weighted by Crippen LogP contribution is -2.42. The molecule has 6 nitrogen and oxygen atoms in total. The summed E-state index contributed by atoms with van der Waals surface area (Å²) in [6, 6.07) is 2.73. The van der Waals surface area contributed by atoms with Crippen LogP contribution in [-0.2, 0) is 0 Å². The summed E-state index contributed by atoms with van der Waals surface area (Å²) >= 11 is 0. The number of urea groups is 1. The third-order valence-electron chi connectivity index (χ3n) is 4.71. The normalized spacial score (nSPS) is 29.1. The van der Waals surface area contributed by atoms with Crippen LogP contribution in [0, 0.1) is 17.8 Å². The van der Waals surface area contributed by atoms with Gasteiger partial charge in [-0.05, 0) is 50.0 Å². The highest BCUT2D eigenvalue weighted by Gasteiger charge is 2.42. The third-order valence-corrected chi connectivity index (χ3v) is 4.71. The van der Waals surface area contributed by atoms with E-state index in [4.69, 9.17) is 0 Å². The van der Waals surface area contributed by atoms with Crippen molar-refractivity contribution in [2.45, 2.75) is 38.6 Å². The van der Waals surface area contributed by atoms with E-state index in [-0.39, 0.29) is 17.6 Å². The number of H-pyrrole nitrogens is 1. The third kappa shape index (κ3) is 2.69. The van der Waals surface area contributed by atoms with Crippen molar-refractivity contribution in [2.24, 2.45) is 17.8 Å². The Morgan fingerprint density at radius 3 is 2.85 bits per heavy atom. The summed E-state index contributed by atoms with van der Waals surface area (Å²) in [6.07, 6.45) is 5.24. The highest BCUT2D eigenvalue weighted by Crippen LogP contribution is 2.49. The summed E-state index contributed by atoms with van der Waals surface area (Å²) in [6.45, 7) is 2.07. The van der Waals surface area contributed by atoms with Crippen LogP contribution < -0.4 is 16.2 Å². The molecule has 0 radical (unpaired) electrons. The lowest BCUT2D eigenvalue weighted by atomic mass is 9.84. The summed E-state index contributed by atoms with van der Waals surface area (Å²) in [4.78, 5) is 22.8. The summed E-state index contributed by atoms with van der Waals surface area (Å²) in [5.41, 5.74) is -0.286. The van der Waals surface area contributed by atoms with E-state index in [1.165, 1.54) is 37.8 Å². The van der Waals surface area contributed by atoms with Crippen LogP contribution in [0.4, 0.5) is 10.6 Å². The number of carbonyl (C=O) groups excluding carboxylic acids is 1. The Morgan fingerprint density at radius 2 is 2.25 bits per heavy atom. The van der Waals surface area contributed by atoms with E-state index in [1.54, 1.807) is 0 Å². The number of nitrogens with zero attached hydrogens (tertiary/aromatic N) is 1. The fourth-order valence-electron chi connectivity index (χ4n) is 3.79. The van der Waals surface area contributed by atoms with Gasteiger partial charge >= 0.3 is 6.03 Å². The molecule has 2 aliphatic rings. The first-order valence-electron chi connectivity index (χ1n) is 7.25. The van der Waals surface area contributed by atoms with Crippen LogP contribution in [0.1, 0.15) is 32.6 Å². The van der Waals surface area contributed by atoms with Gasteiger partial charge in [-0.15, -0.1) is 0 Å². The average molecular weight is 276 g/mol. The fourth-order valence-corrected chi connectivity index (χ4v) is 3.79. The lowest BCUT2D eigenvalue weighted by molar-refractivity contribution is 0.230. The van der Waals surface area contributed by atoms with E-state index in [2.05, 4.69) is 27.8 Å². The molecule has 20 heavy (non-hydrogen) atoms. The Balaban J connectivity index is 1.53. The second kappa shape index (κ2) is 5.26. The molecule has 108 valence electrons. The number of hydrogen-bond donors (Lipinski definition) is 3. The van der Waals surface area contributed by atoms with Gasteiger partial charge in [0.15, 0.2) is 5.82 Å². The van der Waals surface area contributed by atoms with Crippen LogP contribution >= 0.6 is 0 Å². The molecule has 6 heteroatoms. The topological polar surface area (TPSA) is 86.9 Å². The molecule has 2 fully saturated rings. The number of hydrogen-bond acceptors (Lipinski definition) is 3. The zero-order valence-corrected chi connectivity index (χ0v) is 11.6. The van der Waals surface area contributed by atoms with Crippen molar-refractivity contribution in [3.8, 4) is 0 Å². The molecule has 3 N–H and O–H groups in total. The number of nitrogens with one attached hydrogen (secondary N) is 3. The molecule has 0 aliphatic heterocycles. The van der Waals surface area contributed by atoms with Gasteiger partial charge in [0.05, 0.1) is 0 Å². The van der Waals surface area contributed by atoms with Crippen molar-refractivity contribution in [1.29, 1.82) is 0 Å². The van der Waals surface area contributed by atoms with E-state index in [9.17, 15) is 9.59 Å². The average Bonchev–Trinajstić information content (AvgIpc) is 3.03. The van der Waals surface area contributed by atoms with Gasteiger partial charge in [-0.3, -0.25) is 10.1 Å².